The molecule has 0 amide bonds. The predicted molar refractivity (Wildman–Crippen MR) is 147 cm³/mol. The lowest BCUT2D eigenvalue weighted by Gasteiger charge is -2.36. The van der Waals surface area contributed by atoms with Gasteiger partial charge in [-0.05, 0) is 62.0 Å². The summed E-state index contributed by atoms with van der Waals surface area (Å²) in [6.07, 6.45) is -1.24. The number of carboxylic acid groups (broad SMARTS) is 1. The van der Waals surface area contributed by atoms with Gasteiger partial charge in [-0.3, -0.25) is 14.3 Å². The van der Waals surface area contributed by atoms with Gasteiger partial charge in [-0.1, -0.05) is 29.3 Å². The SMILES string of the molecule is CC(O)OC(C(=O)O)n1c(=O)ccc2ccc(OCCCCN3CCN(c4cccc(Cl)c4Cl)CC3)cc21. The number of benzene rings is 2. The van der Waals surface area contributed by atoms with Crippen molar-refractivity contribution in [3.63, 3.8) is 0 Å². The number of fused-ring (bicyclic) bond motifs is 1. The highest BCUT2D eigenvalue weighted by atomic mass is 35.5. The molecule has 2 heterocycles. The van der Waals surface area contributed by atoms with Gasteiger partial charge in [-0.25, -0.2) is 4.79 Å². The fourth-order valence-electron chi connectivity index (χ4n) is 4.56. The topological polar surface area (TPSA) is 104 Å². The molecule has 4 rings (SSSR count). The van der Waals surface area contributed by atoms with Crippen molar-refractivity contribution in [2.24, 2.45) is 0 Å². The number of rotatable bonds is 11. The number of aliphatic carboxylic acids is 1. The summed E-state index contributed by atoms with van der Waals surface area (Å²) in [6, 6.07) is 13.7. The minimum absolute atomic E-state index is 0.348. The normalized spacial score (nSPS) is 15.9. The maximum Gasteiger partial charge on any atom is 0.354 e. The quantitative estimate of drug-likeness (QED) is 0.264. The number of unbranched alkanes of at least 4 members (excludes halogenated alkanes) is 1. The van der Waals surface area contributed by atoms with Crippen molar-refractivity contribution in [2.45, 2.75) is 32.3 Å². The summed E-state index contributed by atoms with van der Waals surface area (Å²) < 4.78 is 12.0. The second-order valence-corrected chi connectivity index (χ2v) is 9.93. The van der Waals surface area contributed by atoms with Gasteiger partial charge in [0.15, 0.2) is 6.29 Å². The Morgan fingerprint density at radius 1 is 1.05 bits per heavy atom. The molecule has 2 unspecified atom stereocenters. The summed E-state index contributed by atoms with van der Waals surface area (Å²) in [5.74, 6) is -0.867. The first kappa shape index (κ1) is 28.2. The lowest BCUT2D eigenvalue weighted by atomic mass is 10.2. The summed E-state index contributed by atoms with van der Waals surface area (Å²) in [5.41, 5.74) is 0.765. The summed E-state index contributed by atoms with van der Waals surface area (Å²) in [4.78, 5) is 29.0. The highest BCUT2D eigenvalue weighted by molar-refractivity contribution is 6.43. The second-order valence-electron chi connectivity index (χ2n) is 9.15. The Hall–Kier alpha value is -2.82. The first-order valence-electron chi connectivity index (χ1n) is 12.5. The van der Waals surface area contributed by atoms with Crippen LogP contribution in [0.4, 0.5) is 5.69 Å². The summed E-state index contributed by atoms with van der Waals surface area (Å²) >= 11 is 12.5. The van der Waals surface area contributed by atoms with Crippen molar-refractivity contribution in [2.75, 3.05) is 44.2 Å². The number of aliphatic hydroxyl groups excluding tert-OH is 1. The van der Waals surface area contributed by atoms with Crippen molar-refractivity contribution < 1.29 is 24.5 Å². The van der Waals surface area contributed by atoms with Crippen molar-refractivity contribution in [1.82, 2.24) is 9.47 Å². The fraction of sp³-hybridized carbons (Fsp3) is 0.407. The van der Waals surface area contributed by atoms with Crippen molar-refractivity contribution in [3.8, 4) is 5.75 Å². The van der Waals surface area contributed by atoms with Crippen LogP contribution in [0.5, 0.6) is 5.75 Å². The molecule has 1 aromatic heterocycles. The van der Waals surface area contributed by atoms with Crippen LogP contribution in [0.2, 0.25) is 10.0 Å². The van der Waals surface area contributed by atoms with Crippen LogP contribution in [0.25, 0.3) is 10.9 Å². The molecular weight excluding hydrogens is 533 g/mol. The van der Waals surface area contributed by atoms with Gasteiger partial charge < -0.3 is 24.6 Å². The maximum atomic E-state index is 12.5. The van der Waals surface area contributed by atoms with E-state index in [4.69, 9.17) is 32.7 Å². The minimum Gasteiger partial charge on any atom is -0.494 e. The van der Waals surface area contributed by atoms with E-state index in [1.165, 1.54) is 13.0 Å². The molecule has 204 valence electrons. The molecule has 0 bridgehead atoms. The first-order chi connectivity index (χ1) is 18.2. The molecule has 11 heteroatoms. The molecule has 2 aromatic carbocycles. The second kappa shape index (κ2) is 12.8. The third kappa shape index (κ3) is 6.78. The number of halogens is 2. The molecule has 38 heavy (non-hydrogen) atoms. The van der Waals surface area contributed by atoms with Gasteiger partial charge >= 0.3 is 5.97 Å². The van der Waals surface area contributed by atoms with E-state index >= 15 is 0 Å². The van der Waals surface area contributed by atoms with E-state index in [0.29, 0.717) is 33.3 Å². The van der Waals surface area contributed by atoms with E-state index in [9.17, 15) is 19.8 Å². The fourth-order valence-corrected chi connectivity index (χ4v) is 4.97. The van der Waals surface area contributed by atoms with E-state index in [0.717, 1.165) is 55.8 Å². The Morgan fingerprint density at radius 2 is 1.79 bits per heavy atom. The van der Waals surface area contributed by atoms with Gasteiger partial charge in [0.05, 0.1) is 27.9 Å². The van der Waals surface area contributed by atoms with Crippen LogP contribution in [-0.4, -0.2) is 71.3 Å². The smallest absolute Gasteiger partial charge is 0.354 e. The maximum absolute atomic E-state index is 12.5. The number of carboxylic acids is 1. The molecular formula is C27H31Cl2N3O6. The molecule has 1 saturated heterocycles. The van der Waals surface area contributed by atoms with Crippen LogP contribution < -0.4 is 15.2 Å². The highest BCUT2D eigenvalue weighted by Crippen LogP contribution is 2.33. The van der Waals surface area contributed by atoms with Gasteiger partial charge in [0, 0.05) is 38.3 Å². The number of nitrogens with zero attached hydrogens (tertiary/aromatic N) is 3. The van der Waals surface area contributed by atoms with Gasteiger partial charge in [-0.2, -0.15) is 0 Å². The Kier molecular flexibility index (Phi) is 9.51. The zero-order chi connectivity index (χ0) is 27.2. The highest BCUT2D eigenvalue weighted by Gasteiger charge is 2.25. The molecule has 0 spiro atoms. The van der Waals surface area contributed by atoms with Crippen LogP contribution in [0.1, 0.15) is 26.0 Å². The Labute approximate surface area is 230 Å². The predicted octanol–water partition coefficient (Wildman–Crippen LogP) is 4.23. The minimum atomic E-state index is -1.67. The molecule has 9 nitrogen and oxygen atoms in total. The van der Waals surface area contributed by atoms with Crippen LogP contribution >= 0.6 is 23.2 Å². The molecule has 2 atom stereocenters. The average Bonchev–Trinajstić information content (AvgIpc) is 2.89. The lowest BCUT2D eigenvalue weighted by molar-refractivity contribution is -0.185. The molecule has 2 N–H and O–H groups in total. The number of hydrogen-bond acceptors (Lipinski definition) is 7. The number of carbonyl (C=O) groups is 1. The van der Waals surface area contributed by atoms with Gasteiger partial charge in [0.25, 0.3) is 5.56 Å². The summed E-state index contributed by atoms with van der Waals surface area (Å²) in [6.45, 7) is 6.35. The Bertz CT molecular complexity index is 1320. The van der Waals surface area contributed by atoms with E-state index in [1.807, 2.05) is 12.1 Å². The summed E-state index contributed by atoms with van der Waals surface area (Å²) in [7, 11) is 0. The molecule has 0 aliphatic carbocycles. The number of piperazine rings is 1. The number of hydrogen-bond donors (Lipinski definition) is 2. The van der Waals surface area contributed by atoms with Gasteiger partial charge in [0.1, 0.15) is 5.75 Å². The van der Waals surface area contributed by atoms with Crippen LogP contribution in [0.15, 0.2) is 53.3 Å². The van der Waals surface area contributed by atoms with Crippen LogP contribution in [0.3, 0.4) is 0 Å². The molecule has 1 fully saturated rings. The monoisotopic (exact) mass is 563 g/mol. The van der Waals surface area contributed by atoms with Crippen molar-refractivity contribution in [1.29, 1.82) is 0 Å². The number of aromatic nitrogens is 1. The molecule has 0 saturated carbocycles. The molecule has 0 radical (unpaired) electrons. The van der Waals surface area contributed by atoms with Gasteiger partial charge in [0.2, 0.25) is 6.23 Å². The number of ether oxygens (including phenoxy) is 2. The largest absolute Gasteiger partial charge is 0.494 e. The Balaban J connectivity index is 1.29. The average molecular weight is 564 g/mol. The standard InChI is InChI=1S/C27H31Cl2N3O6/c1-18(33)38-26(27(35)36)32-23-17-20(9-7-19(23)8-10-24(32)34)37-16-3-2-11-30-12-14-31(15-13-30)22-6-4-5-21(28)25(22)29/h4-10,17-18,26,33H,2-3,11-16H2,1H3,(H,35,36). The van der Waals surface area contributed by atoms with E-state index in [2.05, 4.69) is 9.80 Å². The third-order valence-electron chi connectivity index (χ3n) is 6.46. The third-order valence-corrected chi connectivity index (χ3v) is 7.27. The van der Waals surface area contributed by atoms with Gasteiger partial charge in [-0.15, -0.1) is 0 Å². The first-order valence-corrected chi connectivity index (χ1v) is 13.3. The number of anilines is 1. The van der Waals surface area contributed by atoms with E-state index < -0.39 is 24.0 Å². The lowest BCUT2D eigenvalue weighted by Crippen LogP contribution is -2.46. The zero-order valence-electron chi connectivity index (χ0n) is 21.1. The number of aliphatic hydroxyl groups is 1. The Morgan fingerprint density at radius 3 is 2.50 bits per heavy atom. The summed E-state index contributed by atoms with van der Waals surface area (Å²) in [5, 5.41) is 21.0. The van der Waals surface area contributed by atoms with Crippen molar-refractivity contribution in [3.05, 3.63) is 68.9 Å². The van der Waals surface area contributed by atoms with Crippen LogP contribution in [0, 0.1) is 0 Å². The molecule has 3 aromatic rings. The molecule has 1 aliphatic rings. The number of pyridine rings is 1. The van der Waals surface area contributed by atoms with Crippen molar-refractivity contribution >= 4 is 45.8 Å². The van der Waals surface area contributed by atoms with Crippen LogP contribution in [-0.2, 0) is 9.53 Å². The zero-order valence-corrected chi connectivity index (χ0v) is 22.6. The molecule has 1 aliphatic heterocycles. The van der Waals surface area contributed by atoms with E-state index in [1.54, 1.807) is 30.3 Å². The van der Waals surface area contributed by atoms with E-state index in [-0.39, 0.29) is 0 Å².